The van der Waals surface area contributed by atoms with E-state index in [-0.39, 0.29) is 12.3 Å². The van der Waals surface area contributed by atoms with Crippen LogP contribution in [0.3, 0.4) is 0 Å². The van der Waals surface area contributed by atoms with Crippen LogP contribution in [-0.4, -0.2) is 36.8 Å². The molecule has 1 aliphatic rings. The second-order valence-corrected chi connectivity index (χ2v) is 4.42. The fraction of sp³-hybridized carbons (Fsp3) is 0.545. The van der Waals surface area contributed by atoms with Crippen molar-refractivity contribution in [1.29, 1.82) is 0 Å². The highest BCUT2D eigenvalue weighted by atomic mass is 16.5. The van der Waals surface area contributed by atoms with Gasteiger partial charge in [0.15, 0.2) is 11.5 Å². The summed E-state index contributed by atoms with van der Waals surface area (Å²) in [6.07, 6.45) is 3.52. The Bertz CT molecular complexity index is 570. The molecule has 1 saturated heterocycles. The smallest absolute Gasteiger partial charge is 0.167 e. The molecule has 0 spiro atoms. The number of aliphatic hydroxyl groups is 1. The summed E-state index contributed by atoms with van der Waals surface area (Å²) in [5, 5.41) is 9.87. The first-order valence-electron chi connectivity index (χ1n) is 5.97. The SMILES string of the molecule is CC[C@H]1O[C@H](n2cnc3c(N)ncnc32)CC1O. The molecule has 2 aromatic heterocycles. The van der Waals surface area contributed by atoms with Crippen LogP contribution in [0.5, 0.6) is 0 Å². The number of aliphatic hydroxyl groups excluding tert-OH is 1. The largest absolute Gasteiger partial charge is 0.390 e. The predicted octanol–water partition coefficient (Wildman–Crippen LogP) is 0.467. The third-order valence-electron chi connectivity index (χ3n) is 3.30. The number of nitrogen functional groups attached to an aromatic ring is 1. The van der Waals surface area contributed by atoms with E-state index in [1.165, 1.54) is 6.33 Å². The molecule has 3 N–H and O–H groups in total. The molecule has 2 aromatic rings. The van der Waals surface area contributed by atoms with Crippen molar-refractivity contribution < 1.29 is 9.84 Å². The second-order valence-electron chi connectivity index (χ2n) is 4.42. The first kappa shape index (κ1) is 11.4. The highest BCUT2D eigenvalue weighted by Crippen LogP contribution is 2.32. The molecule has 96 valence electrons. The molecule has 7 heteroatoms. The van der Waals surface area contributed by atoms with E-state index in [0.717, 1.165) is 6.42 Å². The van der Waals surface area contributed by atoms with Crippen LogP contribution < -0.4 is 5.73 Å². The number of aromatic nitrogens is 4. The van der Waals surface area contributed by atoms with Gasteiger partial charge in [-0.1, -0.05) is 6.92 Å². The van der Waals surface area contributed by atoms with E-state index in [0.29, 0.717) is 23.4 Å². The molecule has 3 rings (SSSR count). The Kier molecular flexibility index (Phi) is 2.64. The van der Waals surface area contributed by atoms with Gasteiger partial charge in [-0.25, -0.2) is 15.0 Å². The van der Waals surface area contributed by atoms with Crippen LogP contribution in [0.4, 0.5) is 5.82 Å². The van der Waals surface area contributed by atoms with Crippen molar-refractivity contribution in [1.82, 2.24) is 19.5 Å². The van der Waals surface area contributed by atoms with Gasteiger partial charge in [-0.3, -0.25) is 4.57 Å². The van der Waals surface area contributed by atoms with Crippen LogP contribution in [-0.2, 0) is 4.74 Å². The van der Waals surface area contributed by atoms with Crippen molar-refractivity contribution in [2.24, 2.45) is 0 Å². The molecule has 0 radical (unpaired) electrons. The molecule has 18 heavy (non-hydrogen) atoms. The number of fused-ring (bicyclic) bond motifs is 1. The molecule has 1 fully saturated rings. The monoisotopic (exact) mass is 249 g/mol. The number of imidazole rings is 1. The summed E-state index contributed by atoms with van der Waals surface area (Å²) < 4.78 is 7.58. The van der Waals surface area contributed by atoms with Crippen LogP contribution in [0.1, 0.15) is 26.0 Å². The van der Waals surface area contributed by atoms with Gasteiger partial charge in [-0.05, 0) is 6.42 Å². The summed E-state index contributed by atoms with van der Waals surface area (Å²) in [5.74, 6) is 0.351. The molecule has 0 saturated carbocycles. The first-order valence-corrected chi connectivity index (χ1v) is 5.97. The molecule has 1 aliphatic heterocycles. The molecule has 7 nitrogen and oxygen atoms in total. The average molecular weight is 249 g/mol. The number of nitrogens with two attached hydrogens (primary N) is 1. The van der Waals surface area contributed by atoms with Crippen LogP contribution in [0.25, 0.3) is 11.2 Å². The topological polar surface area (TPSA) is 99.1 Å². The van der Waals surface area contributed by atoms with Crippen LogP contribution in [0, 0.1) is 0 Å². The van der Waals surface area contributed by atoms with Crippen molar-refractivity contribution in [2.75, 3.05) is 5.73 Å². The molecule has 0 aromatic carbocycles. The number of nitrogens with zero attached hydrogens (tertiary/aromatic N) is 4. The highest BCUT2D eigenvalue weighted by molar-refractivity contribution is 5.81. The summed E-state index contributed by atoms with van der Waals surface area (Å²) in [6.45, 7) is 1.99. The van der Waals surface area contributed by atoms with Gasteiger partial charge >= 0.3 is 0 Å². The maximum Gasteiger partial charge on any atom is 0.167 e. The Morgan fingerprint density at radius 2 is 2.33 bits per heavy atom. The van der Waals surface area contributed by atoms with Crippen LogP contribution in [0.15, 0.2) is 12.7 Å². The Hall–Kier alpha value is -1.73. The normalized spacial score (nSPS) is 28.0. The lowest BCUT2D eigenvalue weighted by atomic mass is 10.1. The average Bonchev–Trinajstić information content (AvgIpc) is 2.93. The lowest BCUT2D eigenvalue weighted by Crippen LogP contribution is -2.19. The summed E-state index contributed by atoms with van der Waals surface area (Å²) in [6, 6.07) is 0. The molecule has 0 amide bonds. The number of rotatable bonds is 2. The van der Waals surface area contributed by atoms with Gasteiger partial charge < -0.3 is 15.6 Å². The Morgan fingerprint density at radius 3 is 3.06 bits per heavy atom. The lowest BCUT2D eigenvalue weighted by Gasteiger charge is -2.13. The fourth-order valence-electron chi connectivity index (χ4n) is 2.33. The summed E-state index contributed by atoms with van der Waals surface area (Å²) in [7, 11) is 0. The quantitative estimate of drug-likeness (QED) is 0.802. The number of hydrogen-bond acceptors (Lipinski definition) is 6. The number of anilines is 1. The standard InChI is InChI=1S/C11H15N5O2/c1-2-7-6(17)3-8(18-7)16-5-15-9-10(12)13-4-14-11(9)16/h4-8,17H,2-3H2,1H3,(H2,12,13,14)/t6?,7-,8+/m1/s1. The van der Waals surface area contributed by atoms with E-state index in [1.807, 2.05) is 6.92 Å². The third kappa shape index (κ3) is 1.63. The van der Waals surface area contributed by atoms with E-state index in [9.17, 15) is 5.11 Å². The van der Waals surface area contributed by atoms with E-state index in [4.69, 9.17) is 10.5 Å². The summed E-state index contributed by atoms with van der Waals surface area (Å²) in [5.41, 5.74) is 6.93. The fourth-order valence-corrected chi connectivity index (χ4v) is 2.33. The Labute approximate surface area is 104 Å². The lowest BCUT2D eigenvalue weighted by molar-refractivity contribution is -0.0183. The molecule has 3 heterocycles. The van der Waals surface area contributed by atoms with Crippen molar-refractivity contribution in [3.8, 4) is 0 Å². The molecular formula is C11H15N5O2. The summed E-state index contributed by atoms with van der Waals surface area (Å²) >= 11 is 0. The van der Waals surface area contributed by atoms with Gasteiger partial charge in [0.1, 0.15) is 18.1 Å². The molecule has 3 atom stereocenters. The van der Waals surface area contributed by atoms with Crippen molar-refractivity contribution in [2.45, 2.75) is 38.2 Å². The van der Waals surface area contributed by atoms with Gasteiger partial charge in [-0.15, -0.1) is 0 Å². The highest BCUT2D eigenvalue weighted by Gasteiger charge is 2.34. The second kappa shape index (κ2) is 4.18. The zero-order chi connectivity index (χ0) is 12.7. The maximum absolute atomic E-state index is 9.87. The van der Waals surface area contributed by atoms with E-state index in [1.54, 1.807) is 10.9 Å². The molecule has 1 unspecified atom stereocenters. The van der Waals surface area contributed by atoms with Crippen molar-refractivity contribution in [3.05, 3.63) is 12.7 Å². The van der Waals surface area contributed by atoms with Crippen molar-refractivity contribution in [3.63, 3.8) is 0 Å². The Morgan fingerprint density at radius 1 is 1.50 bits per heavy atom. The minimum absolute atomic E-state index is 0.133. The van der Waals surface area contributed by atoms with Gasteiger partial charge in [0.25, 0.3) is 0 Å². The van der Waals surface area contributed by atoms with Crippen molar-refractivity contribution >= 4 is 17.0 Å². The van der Waals surface area contributed by atoms with E-state index >= 15 is 0 Å². The number of ether oxygens (including phenoxy) is 1. The van der Waals surface area contributed by atoms with Gasteiger partial charge in [-0.2, -0.15) is 0 Å². The first-order chi connectivity index (χ1) is 8.70. The molecular weight excluding hydrogens is 234 g/mol. The zero-order valence-corrected chi connectivity index (χ0v) is 10.0. The zero-order valence-electron chi connectivity index (χ0n) is 10.0. The van der Waals surface area contributed by atoms with Gasteiger partial charge in [0.2, 0.25) is 0 Å². The van der Waals surface area contributed by atoms with E-state index < -0.39 is 6.10 Å². The minimum Gasteiger partial charge on any atom is -0.390 e. The number of hydrogen-bond donors (Lipinski definition) is 2. The third-order valence-corrected chi connectivity index (χ3v) is 3.30. The predicted molar refractivity (Wildman–Crippen MR) is 64.6 cm³/mol. The van der Waals surface area contributed by atoms with Crippen LogP contribution >= 0.6 is 0 Å². The van der Waals surface area contributed by atoms with E-state index in [2.05, 4.69) is 15.0 Å². The molecule has 0 bridgehead atoms. The minimum atomic E-state index is -0.448. The molecule has 0 aliphatic carbocycles. The Balaban J connectivity index is 1.99. The maximum atomic E-state index is 9.87. The van der Waals surface area contributed by atoms with Gasteiger partial charge in [0, 0.05) is 6.42 Å². The van der Waals surface area contributed by atoms with Gasteiger partial charge in [0.05, 0.1) is 18.5 Å². The van der Waals surface area contributed by atoms with Crippen LogP contribution in [0.2, 0.25) is 0 Å². The summed E-state index contributed by atoms with van der Waals surface area (Å²) in [4.78, 5) is 12.3.